The predicted octanol–water partition coefficient (Wildman–Crippen LogP) is 2.90. The van der Waals surface area contributed by atoms with Gasteiger partial charge in [0.2, 0.25) is 0 Å². The molecule has 1 fully saturated rings. The smallest absolute Gasteiger partial charge is 0.155 e. The number of aromatic nitrogens is 3. The molecule has 0 radical (unpaired) electrons. The molecule has 0 bridgehead atoms. The molecule has 0 saturated carbocycles. The Kier molecular flexibility index (Phi) is 3.94. The van der Waals surface area contributed by atoms with Crippen LogP contribution in [0.15, 0.2) is 48.8 Å². The van der Waals surface area contributed by atoms with Gasteiger partial charge in [0, 0.05) is 6.54 Å². The molecule has 118 valence electrons. The minimum absolute atomic E-state index is 0.480. The SMILES string of the molecule is c1cc(CN2CCCC2)cc(OCc2cccc3ncnn23)c1. The summed E-state index contributed by atoms with van der Waals surface area (Å²) in [5.74, 6) is 0.902. The monoisotopic (exact) mass is 308 g/mol. The molecule has 1 saturated heterocycles. The third-order valence-corrected chi connectivity index (χ3v) is 4.27. The fraction of sp³-hybridized carbons (Fsp3) is 0.333. The van der Waals surface area contributed by atoms with Gasteiger partial charge in [-0.1, -0.05) is 18.2 Å². The molecule has 1 aliphatic heterocycles. The Morgan fingerprint density at radius 3 is 2.83 bits per heavy atom. The Morgan fingerprint density at radius 2 is 1.91 bits per heavy atom. The van der Waals surface area contributed by atoms with E-state index in [1.807, 2.05) is 28.8 Å². The van der Waals surface area contributed by atoms with E-state index in [-0.39, 0.29) is 0 Å². The molecular weight excluding hydrogens is 288 g/mol. The van der Waals surface area contributed by atoms with E-state index in [0.29, 0.717) is 6.61 Å². The molecule has 0 N–H and O–H groups in total. The zero-order valence-corrected chi connectivity index (χ0v) is 13.1. The normalized spacial score (nSPS) is 15.3. The molecule has 1 aromatic carbocycles. The van der Waals surface area contributed by atoms with Crippen molar-refractivity contribution in [1.82, 2.24) is 19.5 Å². The first-order valence-corrected chi connectivity index (χ1v) is 8.10. The fourth-order valence-electron chi connectivity index (χ4n) is 3.10. The number of hydrogen-bond donors (Lipinski definition) is 0. The van der Waals surface area contributed by atoms with Crippen molar-refractivity contribution in [3.8, 4) is 5.75 Å². The van der Waals surface area contributed by atoms with Crippen molar-refractivity contribution in [3.05, 3.63) is 60.0 Å². The van der Waals surface area contributed by atoms with Gasteiger partial charge in [-0.15, -0.1) is 0 Å². The number of ether oxygens (including phenoxy) is 1. The molecule has 0 spiro atoms. The largest absolute Gasteiger partial charge is 0.487 e. The van der Waals surface area contributed by atoms with Crippen molar-refractivity contribution in [2.75, 3.05) is 13.1 Å². The Hall–Kier alpha value is -2.40. The molecule has 0 aliphatic carbocycles. The Morgan fingerprint density at radius 1 is 1.04 bits per heavy atom. The molecule has 4 rings (SSSR count). The van der Waals surface area contributed by atoms with E-state index in [4.69, 9.17) is 4.74 Å². The van der Waals surface area contributed by atoms with Crippen molar-refractivity contribution in [2.24, 2.45) is 0 Å². The van der Waals surface area contributed by atoms with Crippen LogP contribution in [0.1, 0.15) is 24.1 Å². The lowest BCUT2D eigenvalue weighted by atomic mass is 10.2. The maximum Gasteiger partial charge on any atom is 0.155 e. The van der Waals surface area contributed by atoms with Crippen molar-refractivity contribution in [1.29, 1.82) is 0 Å². The Labute approximate surface area is 135 Å². The summed E-state index contributed by atoms with van der Waals surface area (Å²) in [7, 11) is 0. The third kappa shape index (κ3) is 3.19. The van der Waals surface area contributed by atoms with Gasteiger partial charge in [0.25, 0.3) is 0 Å². The minimum atomic E-state index is 0.480. The molecule has 23 heavy (non-hydrogen) atoms. The Balaban J connectivity index is 1.45. The van der Waals surface area contributed by atoms with Crippen LogP contribution >= 0.6 is 0 Å². The van der Waals surface area contributed by atoms with Crippen molar-refractivity contribution in [3.63, 3.8) is 0 Å². The first-order chi connectivity index (χ1) is 11.4. The van der Waals surface area contributed by atoms with E-state index in [1.165, 1.54) is 31.5 Å². The number of fused-ring (bicyclic) bond motifs is 1. The molecule has 0 unspecified atom stereocenters. The van der Waals surface area contributed by atoms with Gasteiger partial charge in [-0.25, -0.2) is 9.50 Å². The number of rotatable bonds is 5. The predicted molar refractivity (Wildman–Crippen MR) is 88.3 cm³/mol. The second-order valence-electron chi connectivity index (χ2n) is 5.97. The highest BCUT2D eigenvalue weighted by Gasteiger charge is 2.12. The molecule has 3 heterocycles. The first kappa shape index (κ1) is 14.2. The number of pyridine rings is 1. The lowest BCUT2D eigenvalue weighted by molar-refractivity contribution is 0.295. The molecule has 3 aromatic rings. The van der Waals surface area contributed by atoms with Crippen molar-refractivity contribution < 1.29 is 4.74 Å². The minimum Gasteiger partial charge on any atom is -0.487 e. The van der Waals surface area contributed by atoms with E-state index < -0.39 is 0 Å². The van der Waals surface area contributed by atoms with Gasteiger partial charge in [-0.3, -0.25) is 4.90 Å². The third-order valence-electron chi connectivity index (χ3n) is 4.27. The van der Waals surface area contributed by atoms with Crippen LogP contribution in [0.4, 0.5) is 0 Å². The lowest BCUT2D eigenvalue weighted by Gasteiger charge is -2.15. The maximum absolute atomic E-state index is 5.97. The Bertz CT molecular complexity index is 792. The summed E-state index contributed by atoms with van der Waals surface area (Å²) >= 11 is 0. The highest BCUT2D eigenvalue weighted by molar-refractivity contribution is 5.37. The van der Waals surface area contributed by atoms with Crippen LogP contribution in [0.3, 0.4) is 0 Å². The van der Waals surface area contributed by atoms with Gasteiger partial charge in [0.05, 0.1) is 5.69 Å². The van der Waals surface area contributed by atoms with Crippen LogP contribution in [0.2, 0.25) is 0 Å². The molecule has 0 amide bonds. The number of hydrogen-bond acceptors (Lipinski definition) is 4. The fourth-order valence-corrected chi connectivity index (χ4v) is 3.10. The molecule has 2 aromatic heterocycles. The van der Waals surface area contributed by atoms with Crippen molar-refractivity contribution >= 4 is 5.65 Å². The second kappa shape index (κ2) is 6.38. The van der Waals surface area contributed by atoms with E-state index in [9.17, 15) is 0 Å². The van der Waals surface area contributed by atoms with Crippen LogP contribution in [0, 0.1) is 0 Å². The highest BCUT2D eigenvalue weighted by Crippen LogP contribution is 2.18. The average molecular weight is 308 g/mol. The van der Waals surface area contributed by atoms with Crippen LogP contribution in [-0.4, -0.2) is 32.6 Å². The van der Waals surface area contributed by atoms with E-state index in [2.05, 4.69) is 33.2 Å². The van der Waals surface area contributed by atoms with Crippen molar-refractivity contribution in [2.45, 2.75) is 26.0 Å². The van der Waals surface area contributed by atoms with E-state index in [0.717, 1.165) is 23.6 Å². The topological polar surface area (TPSA) is 42.7 Å². The van der Waals surface area contributed by atoms with Gasteiger partial charge >= 0.3 is 0 Å². The maximum atomic E-state index is 5.97. The van der Waals surface area contributed by atoms with Gasteiger partial charge in [0.15, 0.2) is 5.65 Å². The summed E-state index contributed by atoms with van der Waals surface area (Å²) in [6.07, 6.45) is 4.20. The molecule has 5 nitrogen and oxygen atoms in total. The quantitative estimate of drug-likeness (QED) is 0.727. The summed E-state index contributed by atoms with van der Waals surface area (Å²) in [6.45, 7) is 3.91. The summed E-state index contributed by atoms with van der Waals surface area (Å²) in [5.41, 5.74) is 3.14. The molecule has 0 atom stereocenters. The summed E-state index contributed by atoms with van der Waals surface area (Å²) in [5, 5.41) is 4.24. The van der Waals surface area contributed by atoms with E-state index in [1.54, 1.807) is 6.33 Å². The lowest BCUT2D eigenvalue weighted by Crippen LogP contribution is -2.18. The summed E-state index contributed by atoms with van der Waals surface area (Å²) in [4.78, 5) is 6.69. The van der Waals surface area contributed by atoms with Gasteiger partial charge < -0.3 is 4.74 Å². The molecular formula is C18H20N4O. The van der Waals surface area contributed by atoms with Crippen LogP contribution < -0.4 is 4.74 Å². The molecule has 5 heteroatoms. The van der Waals surface area contributed by atoms with E-state index >= 15 is 0 Å². The zero-order valence-electron chi connectivity index (χ0n) is 13.1. The average Bonchev–Trinajstić information content (AvgIpc) is 3.24. The van der Waals surface area contributed by atoms with Gasteiger partial charge in [-0.05, 0) is 55.8 Å². The number of nitrogens with zero attached hydrogens (tertiary/aromatic N) is 4. The second-order valence-corrected chi connectivity index (χ2v) is 5.97. The molecule has 1 aliphatic rings. The number of likely N-dealkylation sites (tertiary alicyclic amines) is 1. The number of benzene rings is 1. The van der Waals surface area contributed by atoms with Crippen LogP contribution in [0.5, 0.6) is 5.75 Å². The standard InChI is InChI=1S/C18H20N4O/c1-2-10-21(9-1)12-15-5-3-7-17(11-15)23-13-16-6-4-8-18-19-14-20-22(16)18/h3-8,11,14H,1-2,9-10,12-13H2. The van der Waals surface area contributed by atoms with Crippen LogP contribution in [-0.2, 0) is 13.2 Å². The van der Waals surface area contributed by atoms with Gasteiger partial charge in [-0.2, -0.15) is 5.10 Å². The highest BCUT2D eigenvalue weighted by atomic mass is 16.5. The van der Waals surface area contributed by atoms with Gasteiger partial charge in [0.1, 0.15) is 18.7 Å². The zero-order chi connectivity index (χ0) is 15.5. The first-order valence-electron chi connectivity index (χ1n) is 8.10. The summed E-state index contributed by atoms with van der Waals surface area (Å²) < 4.78 is 7.78. The van der Waals surface area contributed by atoms with Crippen LogP contribution in [0.25, 0.3) is 5.65 Å². The summed E-state index contributed by atoms with van der Waals surface area (Å²) in [6, 6.07) is 14.3.